The fraction of sp³-hybridized carbons (Fsp3) is 0.667. The molecular weight excluding hydrogens is 186 g/mol. The average Bonchev–Trinajstić information content (AvgIpc) is 2.65. The lowest BCUT2D eigenvalue weighted by Crippen LogP contribution is -2.23. The van der Waals surface area contributed by atoms with Gasteiger partial charge in [-0.3, -0.25) is 4.98 Å². The summed E-state index contributed by atoms with van der Waals surface area (Å²) in [7, 11) is 0. The summed E-state index contributed by atoms with van der Waals surface area (Å²) in [6, 6.07) is 0. The highest BCUT2D eigenvalue weighted by Gasteiger charge is 2.28. The van der Waals surface area contributed by atoms with Gasteiger partial charge >= 0.3 is 0 Å². The van der Waals surface area contributed by atoms with Gasteiger partial charge in [-0.25, -0.2) is 4.98 Å². The first-order valence-electron chi connectivity index (χ1n) is 5.71. The van der Waals surface area contributed by atoms with Gasteiger partial charge in [0.15, 0.2) is 0 Å². The molecule has 2 rings (SSSR count). The van der Waals surface area contributed by atoms with E-state index in [1.165, 1.54) is 25.7 Å². The number of nitrogens with one attached hydrogen (secondary N) is 1. The van der Waals surface area contributed by atoms with Gasteiger partial charge in [-0.15, -0.1) is 0 Å². The second-order valence-corrected chi connectivity index (χ2v) is 4.86. The average molecular weight is 205 g/mol. The molecule has 1 N–H and O–H groups in total. The highest BCUT2D eigenvalue weighted by atomic mass is 15.0. The summed E-state index contributed by atoms with van der Waals surface area (Å²) in [6.45, 7) is 5.37. The molecular formula is C12H19N3. The van der Waals surface area contributed by atoms with Crippen LogP contribution < -0.4 is 5.32 Å². The molecule has 0 aromatic carbocycles. The van der Waals surface area contributed by atoms with Crippen LogP contribution in [-0.2, 0) is 0 Å². The normalized spacial score (nSPS) is 19.1. The zero-order chi connectivity index (χ0) is 10.7. The van der Waals surface area contributed by atoms with Crippen molar-refractivity contribution in [2.24, 2.45) is 5.41 Å². The van der Waals surface area contributed by atoms with Gasteiger partial charge in [0, 0.05) is 18.9 Å². The Balaban J connectivity index is 1.95. The van der Waals surface area contributed by atoms with Crippen molar-refractivity contribution in [2.75, 3.05) is 11.9 Å². The minimum Gasteiger partial charge on any atom is -0.368 e. The van der Waals surface area contributed by atoms with Gasteiger partial charge < -0.3 is 5.32 Å². The third-order valence-corrected chi connectivity index (χ3v) is 3.37. The smallest absolute Gasteiger partial charge is 0.147 e. The Morgan fingerprint density at radius 1 is 1.27 bits per heavy atom. The summed E-state index contributed by atoms with van der Waals surface area (Å²) in [6.07, 6.45) is 8.89. The zero-order valence-corrected chi connectivity index (χ0v) is 9.58. The Labute approximate surface area is 91.3 Å². The van der Waals surface area contributed by atoms with E-state index in [-0.39, 0.29) is 0 Å². The second-order valence-electron chi connectivity index (χ2n) is 4.86. The van der Waals surface area contributed by atoms with E-state index in [0.29, 0.717) is 5.41 Å². The maximum atomic E-state index is 4.30. The van der Waals surface area contributed by atoms with E-state index in [2.05, 4.69) is 22.2 Å². The van der Waals surface area contributed by atoms with Crippen molar-refractivity contribution < 1.29 is 0 Å². The molecule has 0 radical (unpaired) electrons. The fourth-order valence-corrected chi connectivity index (χ4v) is 2.28. The van der Waals surface area contributed by atoms with E-state index in [0.717, 1.165) is 18.1 Å². The molecule has 15 heavy (non-hydrogen) atoms. The maximum absolute atomic E-state index is 4.30. The van der Waals surface area contributed by atoms with Crippen molar-refractivity contribution in [1.82, 2.24) is 9.97 Å². The predicted molar refractivity (Wildman–Crippen MR) is 61.8 cm³/mol. The van der Waals surface area contributed by atoms with Gasteiger partial charge in [0.1, 0.15) is 5.82 Å². The van der Waals surface area contributed by atoms with Crippen LogP contribution in [0.5, 0.6) is 0 Å². The van der Waals surface area contributed by atoms with Crippen LogP contribution in [0.15, 0.2) is 12.4 Å². The van der Waals surface area contributed by atoms with Crippen LogP contribution in [0.4, 0.5) is 5.82 Å². The zero-order valence-electron chi connectivity index (χ0n) is 9.58. The molecule has 1 aromatic rings. The SMILES string of the molecule is Cc1nccnc1NCC1(C)CCCC1. The molecule has 1 aliphatic rings. The first-order valence-corrected chi connectivity index (χ1v) is 5.71. The van der Waals surface area contributed by atoms with Crippen molar-refractivity contribution in [2.45, 2.75) is 39.5 Å². The lowest BCUT2D eigenvalue weighted by Gasteiger charge is -2.24. The van der Waals surface area contributed by atoms with Crippen molar-refractivity contribution >= 4 is 5.82 Å². The number of rotatable bonds is 3. The molecule has 0 aliphatic heterocycles. The molecule has 0 atom stereocenters. The summed E-state index contributed by atoms with van der Waals surface area (Å²) in [5.74, 6) is 0.936. The Hall–Kier alpha value is -1.12. The Bertz CT molecular complexity index is 329. The third-order valence-electron chi connectivity index (χ3n) is 3.37. The number of hydrogen-bond donors (Lipinski definition) is 1. The number of anilines is 1. The van der Waals surface area contributed by atoms with Crippen LogP contribution in [0.3, 0.4) is 0 Å². The number of aryl methyl sites for hydroxylation is 1. The molecule has 1 aliphatic carbocycles. The Morgan fingerprint density at radius 2 is 1.93 bits per heavy atom. The number of hydrogen-bond acceptors (Lipinski definition) is 3. The van der Waals surface area contributed by atoms with Gasteiger partial charge in [0.05, 0.1) is 5.69 Å². The second kappa shape index (κ2) is 4.17. The van der Waals surface area contributed by atoms with Gasteiger partial charge in [-0.05, 0) is 25.2 Å². The van der Waals surface area contributed by atoms with E-state index < -0.39 is 0 Å². The monoisotopic (exact) mass is 205 g/mol. The van der Waals surface area contributed by atoms with Crippen molar-refractivity contribution in [1.29, 1.82) is 0 Å². The van der Waals surface area contributed by atoms with Gasteiger partial charge in [-0.1, -0.05) is 19.8 Å². The predicted octanol–water partition coefficient (Wildman–Crippen LogP) is 2.78. The van der Waals surface area contributed by atoms with E-state index in [4.69, 9.17) is 0 Å². The van der Waals surface area contributed by atoms with Crippen molar-refractivity contribution in [3.05, 3.63) is 18.1 Å². The van der Waals surface area contributed by atoms with Crippen LogP contribution in [0, 0.1) is 12.3 Å². The molecule has 0 unspecified atom stereocenters. The molecule has 3 nitrogen and oxygen atoms in total. The topological polar surface area (TPSA) is 37.8 Å². The lowest BCUT2D eigenvalue weighted by atomic mass is 9.89. The van der Waals surface area contributed by atoms with E-state index in [9.17, 15) is 0 Å². The lowest BCUT2D eigenvalue weighted by molar-refractivity contribution is 0.361. The summed E-state index contributed by atoms with van der Waals surface area (Å²) in [5, 5.41) is 3.42. The molecule has 1 fully saturated rings. The van der Waals surface area contributed by atoms with E-state index in [1.54, 1.807) is 12.4 Å². The van der Waals surface area contributed by atoms with Crippen LogP contribution in [0.25, 0.3) is 0 Å². The van der Waals surface area contributed by atoms with Crippen LogP contribution >= 0.6 is 0 Å². The highest BCUT2D eigenvalue weighted by Crippen LogP contribution is 2.37. The summed E-state index contributed by atoms with van der Waals surface area (Å²) < 4.78 is 0. The largest absolute Gasteiger partial charge is 0.368 e. The summed E-state index contributed by atoms with van der Waals surface area (Å²) in [5.41, 5.74) is 1.45. The van der Waals surface area contributed by atoms with Crippen molar-refractivity contribution in [3.63, 3.8) is 0 Å². The fourth-order valence-electron chi connectivity index (χ4n) is 2.28. The molecule has 3 heteroatoms. The van der Waals surface area contributed by atoms with Crippen LogP contribution in [0.1, 0.15) is 38.3 Å². The highest BCUT2D eigenvalue weighted by molar-refractivity contribution is 5.38. The number of aromatic nitrogens is 2. The van der Waals surface area contributed by atoms with E-state index >= 15 is 0 Å². The molecule has 1 saturated carbocycles. The molecule has 0 saturated heterocycles. The third kappa shape index (κ3) is 2.46. The van der Waals surface area contributed by atoms with E-state index in [1.807, 2.05) is 6.92 Å². The molecule has 82 valence electrons. The standard InChI is InChI=1S/C12H19N3/c1-10-11(14-8-7-13-10)15-9-12(2)5-3-4-6-12/h7-8H,3-6,9H2,1-2H3,(H,14,15). The quantitative estimate of drug-likeness (QED) is 0.824. The molecule has 1 heterocycles. The summed E-state index contributed by atoms with van der Waals surface area (Å²) >= 11 is 0. The maximum Gasteiger partial charge on any atom is 0.147 e. The first-order chi connectivity index (χ1) is 7.20. The van der Waals surface area contributed by atoms with Crippen LogP contribution in [-0.4, -0.2) is 16.5 Å². The molecule has 0 amide bonds. The molecule has 0 spiro atoms. The Kier molecular flexibility index (Phi) is 2.89. The van der Waals surface area contributed by atoms with Gasteiger partial charge in [0.2, 0.25) is 0 Å². The molecule has 1 aromatic heterocycles. The molecule has 0 bridgehead atoms. The number of nitrogens with zero attached hydrogens (tertiary/aromatic N) is 2. The van der Waals surface area contributed by atoms with Crippen LogP contribution in [0.2, 0.25) is 0 Å². The van der Waals surface area contributed by atoms with Gasteiger partial charge in [-0.2, -0.15) is 0 Å². The van der Waals surface area contributed by atoms with Gasteiger partial charge in [0.25, 0.3) is 0 Å². The first kappa shape index (κ1) is 10.4. The summed E-state index contributed by atoms with van der Waals surface area (Å²) in [4.78, 5) is 8.52. The minimum absolute atomic E-state index is 0.462. The van der Waals surface area contributed by atoms with Crippen molar-refractivity contribution in [3.8, 4) is 0 Å². The minimum atomic E-state index is 0.462. The Morgan fingerprint density at radius 3 is 2.60 bits per heavy atom.